The van der Waals surface area contributed by atoms with E-state index in [1.54, 1.807) is 31.2 Å². The Labute approximate surface area is 198 Å². The predicted molar refractivity (Wildman–Crippen MR) is 125 cm³/mol. The molecule has 0 fully saturated rings. The number of nitrogens with zero attached hydrogens (tertiary/aromatic N) is 1. The summed E-state index contributed by atoms with van der Waals surface area (Å²) in [7, 11) is 1.51. The number of carbonyl (C=O) groups is 2. The lowest BCUT2D eigenvalue weighted by Gasteiger charge is -2.09. The van der Waals surface area contributed by atoms with Crippen molar-refractivity contribution in [3.05, 3.63) is 99.0 Å². The average Bonchev–Trinajstić information content (AvgIpc) is 3.43. The molecule has 35 heavy (non-hydrogen) atoms. The molecule has 0 saturated heterocycles. The van der Waals surface area contributed by atoms with Crippen LogP contribution >= 0.6 is 0 Å². The molecule has 0 atom stereocenters. The molecule has 0 amide bonds. The van der Waals surface area contributed by atoms with E-state index in [1.807, 2.05) is 0 Å². The lowest BCUT2D eigenvalue weighted by atomic mass is 10.1. The molecule has 1 aromatic heterocycles. The highest BCUT2D eigenvalue weighted by Gasteiger charge is 2.31. The van der Waals surface area contributed by atoms with Crippen molar-refractivity contribution >= 4 is 34.5 Å². The number of non-ortho nitro benzene ring substituents is 1. The van der Waals surface area contributed by atoms with Gasteiger partial charge in [0.15, 0.2) is 17.1 Å². The van der Waals surface area contributed by atoms with E-state index in [0.29, 0.717) is 33.4 Å². The van der Waals surface area contributed by atoms with Crippen LogP contribution in [0.3, 0.4) is 0 Å². The molecule has 0 saturated carbocycles. The Balaban J connectivity index is 1.40. The summed E-state index contributed by atoms with van der Waals surface area (Å²) in [6.45, 7) is 1.67. The number of ketones is 1. The molecule has 4 aromatic rings. The van der Waals surface area contributed by atoms with Crippen molar-refractivity contribution in [1.82, 2.24) is 0 Å². The highest BCUT2D eigenvalue weighted by Crippen LogP contribution is 2.40. The highest BCUT2D eigenvalue weighted by atomic mass is 16.6. The van der Waals surface area contributed by atoms with Gasteiger partial charge in [-0.05, 0) is 55.0 Å². The molecule has 0 spiro atoms. The van der Waals surface area contributed by atoms with Gasteiger partial charge >= 0.3 is 5.97 Å². The van der Waals surface area contributed by atoms with E-state index in [1.165, 1.54) is 49.6 Å². The summed E-state index contributed by atoms with van der Waals surface area (Å²) >= 11 is 0. The van der Waals surface area contributed by atoms with Crippen LogP contribution in [0.1, 0.15) is 32.0 Å². The van der Waals surface area contributed by atoms with Gasteiger partial charge in [0.1, 0.15) is 11.5 Å². The molecule has 0 radical (unpaired) electrons. The molecule has 9 nitrogen and oxygen atoms in total. The topological polar surface area (TPSA) is 118 Å². The first-order valence-corrected chi connectivity index (χ1v) is 10.5. The van der Waals surface area contributed by atoms with Crippen LogP contribution in [0, 0.1) is 17.0 Å². The Kier molecular flexibility index (Phi) is 5.29. The summed E-state index contributed by atoms with van der Waals surface area (Å²) < 4.78 is 22.2. The fourth-order valence-electron chi connectivity index (χ4n) is 3.77. The molecule has 5 rings (SSSR count). The number of nitro benzene ring substituents is 1. The first-order chi connectivity index (χ1) is 16.9. The Morgan fingerprint density at radius 3 is 2.54 bits per heavy atom. The van der Waals surface area contributed by atoms with Gasteiger partial charge in [0.2, 0.25) is 11.5 Å². The number of ether oxygens (including phenoxy) is 3. The number of hydrogen-bond acceptors (Lipinski definition) is 8. The maximum Gasteiger partial charge on any atom is 0.379 e. The lowest BCUT2D eigenvalue weighted by Crippen LogP contribution is -2.08. The monoisotopic (exact) mass is 471 g/mol. The number of benzene rings is 3. The van der Waals surface area contributed by atoms with Crippen LogP contribution in [0.15, 0.2) is 70.8 Å². The first-order valence-electron chi connectivity index (χ1n) is 10.5. The number of allylic oxidation sites excluding steroid dienone is 1. The number of carbonyl (C=O) groups excluding carboxylic acids is 2. The van der Waals surface area contributed by atoms with Crippen LogP contribution in [0.5, 0.6) is 17.2 Å². The Hall–Kier alpha value is -4.92. The minimum atomic E-state index is -0.711. The largest absolute Gasteiger partial charge is 0.493 e. The second-order valence-corrected chi connectivity index (χ2v) is 7.73. The lowest BCUT2D eigenvalue weighted by molar-refractivity contribution is -0.384. The quantitative estimate of drug-likeness (QED) is 0.123. The van der Waals surface area contributed by atoms with Gasteiger partial charge in [0.25, 0.3) is 5.69 Å². The molecule has 1 aliphatic heterocycles. The zero-order valence-electron chi connectivity index (χ0n) is 18.6. The van der Waals surface area contributed by atoms with E-state index >= 15 is 0 Å². The van der Waals surface area contributed by atoms with Crippen LogP contribution in [0.2, 0.25) is 0 Å². The van der Waals surface area contributed by atoms with Crippen LogP contribution in [-0.4, -0.2) is 23.8 Å². The van der Waals surface area contributed by atoms with Crippen LogP contribution in [-0.2, 0) is 0 Å². The first kappa shape index (κ1) is 21.9. The maximum atomic E-state index is 12.8. The summed E-state index contributed by atoms with van der Waals surface area (Å²) in [6, 6.07) is 15.6. The number of para-hydroxylation sites is 1. The van der Waals surface area contributed by atoms with Crippen molar-refractivity contribution in [3.8, 4) is 17.2 Å². The molecule has 0 unspecified atom stereocenters. The smallest absolute Gasteiger partial charge is 0.379 e. The van der Waals surface area contributed by atoms with Crippen LogP contribution < -0.4 is 14.2 Å². The zero-order chi connectivity index (χ0) is 24.7. The fraction of sp³-hybridized carbons (Fsp3) is 0.0769. The zero-order valence-corrected chi connectivity index (χ0v) is 18.6. The Bertz CT molecular complexity index is 1550. The van der Waals surface area contributed by atoms with Crippen molar-refractivity contribution in [2.45, 2.75) is 6.92 Å². The van der Waals surface area contributed by atoms with Gasteiger partial charge in [0.05, 0.1) is 17.6 Å². The predicted octanol–water partition coefficient (Wildman–Crippen LogP) is 5.49. The average molecular weight is 471 g/mol. The number of fused-ring (bicyclic) bond motifs is 2. The van der Waals surface area contributed by atoms with E-state index < -0.39 is 10.9 Å². The van der Waals surface area contributed by atoms with Gasteiger partial charge in [-0.25, -0.2) is 4.79 Å². The Morgan fingerprint density at radius 1 is 1.06 bits per heavy atom. The molecule has 3 aromatic carbocycles. The van der Waals surface area contributed by atoms with Gasteiger partial charge in [-0.15, -0.1) is 0 Å². The van der Waals surface area contributed by atoms with E-state index in [-0.39, 0.29) is 34.5 Å². The molecular formula is C26H17NO8. The Morgan fingerprint density at radius 2 is 1.83 bits per heavy atom. The fourth-order valence-corrected chi connectivity index (χ4v) is 3.77. The summed E-state index contributed by atoms with van der Waals surface area (Å²) in [4.78, 5) is 35.9. The highest BCUT2D eigenvalue weighted by molar-refractivity contribution is 6.15. The molecule has 2 heterocycles. The number of nitro groups is 1. The summed E-state index contributed by atoms with van der Waals surface area (Å²) in [5, 5.41) is 11.5. The number of hydrogen-bond donors (Lipinski definition) is 0. The summed E-state index contributed by atoms with van der Waals surface area (Å²) in [5.41, 5.74) is 1.73. The third-order valence-electron chi connectivity index (χ3n) is 5.57. The second kappa shape index (κ2) is 8.45. The second-order valence-electron chi connectivity index (χ2n) is 7.73. The molecule has 0 aliphatic carbocycles. The van der Waals surface area contributed by atoms with E-state index in [9.17, 15) is 19.7 Å². The third-order valence-corrected chi connectivity index (χ3v) is 5.57. The molecule has 0 N–H and O–H groups in total. The maximum absolute atomic E-state index is 12.8. The van der Waals surface area contributed by atoms with Gasteiger partial charge in [-0.3, -0.25) is 14.9 Å². The molecule has 1 aliphatic rings. The van der Waals surface area contributed by atoms with Gasteiger partial charge < -0.3 is 18.6 Å². The number of furan rings is 1. The number of methoxy groups -OCH3 is 1. The number of rotatable bonds is 5. The van der Waals surface area contributed by atoms with Gasteiger partial charge in [-0.2, -0.15) is 0 Å². The molecule has 9 heteroatoms. The van der Waals surface area contributed by atoms with Crippen LogP contribution in [0.25, 0.3) is 17.0 Å². The van der Waals surface area contributed by atoms with Gasteiger partial charge in [-0.1, -0.05) is 12.1 Å². The normalized spacial score (nSPS) is 13.5. The third kappa shape index (κ3) is 3.89. The molecular weight excluding hydrogens is 454 g/mol. The van der Waals surface area contributed by atoms with E-state index in [0.717, 1.165) is 0 Å². The van der Waals surface area contributed by atoms with E-state index in [4.69, 9.17) is 18.6 Å². The summed E-state index contributed by atoms with van der Waals surface area (Å²) in [5.74, 6) is -0.00857. The standard InChI is InChI=1S/C26H17NO8/c1-14-19(35-26(29)22-13-16-4-3-5-20(32-2)25(16)34-22)11-10-18-23(28)21(33-24(14)18)12-15-6-8-17(9-7-15)27(30)31/h3-13H,1-2H3/b21-12-. The summed E-state index contributed by atoms with van der Waals surface area (Å²) in [6.07, 6.45) is 1.50. The van der Waals surface area contributed by atoms with Crippen molar-refractivity contribution in [1.29, 1.82) is 0 Å². The number of esters is 1. The SMILES string of the molecule is COc1cccc2cc(C(=O)Oc3ccc4c(c3C)O/C(=C\c3ccc([N+](=O)[O-])cc3)C4=O)oc12. The van der Waals surface area contributed by atoms with Crippen molar-refractivity contribution < 1.29 is 33.1 Å². The van der Waals surface area contributed by atoms with Gasteiger partial charge in [0, 0.05) is 23.1 Å². The van der Waals surface area contributed by atoms with Crippen molar-refractivity contribution in [3.63, 3.8) is 0 Å². The molecule has 174 valence electrons. The van der Waals surface area contributed by atoms with Crippen LogP contribution in [0.4, 0.5) is 5.69 Å². The van der Waals surface area contributed by atoms with Crippen molar-refractivity contribution in [2.24, 2.45) is 0 Å². The van der Waals surface area contributed by atoms with Crippen molar-refractivity contribution in [2.75, 3.05) is 7.11 Å². The number of Topliss-reactive ketones (excluding diaryl/α,β-unsaturated/α-hetero) is 1. The molecule has 0 bridgehead atoms. The minimum Gasteiger partial charge on any atom is -0.493 e. The minimum absolute atomic E-state index is 0.000138. The van der Waals surface area contributed by atoms with E-state index in [2.05, 4.69) is 0 Å².